The van der Waals surface area contributed by atoms with Crippen LogP contribution in [0.15, 0.2) is 24.3 Å². The van der Waals surface area contributed by atoms with Gasteiger partial charge >= 0.3 is 0 Å². The first-order valence-corrected chi connectivity index (χ1v) is 6.76. The van der Waals surface area contributed by atoms with E-state index in [-0.39, 0.29) is 11.5 Å². The van der Waals surface area contributed by atoms with Gasteiger partial charge in [-0.2, -0.15) is 0 Å². The molecule has 0 fully saturated rings. The average molecular weight is 249 g/mol. The van der Waals surface area contributed by atoms with Crippen molar-refractivity contribution in [3.8, 4) is 0 Å². The van der Waals surface area contributed by atoms with Crippen LogP contribution < -0.4 is 5.32 Å². The predicted molar refractivity (Wildman–Crippen MR) is 77.8 cm³/mol. The lowest BCUT2D eigenvalue weighted by Gasteiger charge is -2.27. The molecule has 0 aliphatic heterocycles. The number of hydrogen-bond donors (Lipinski definition) is 2. The lowest BCUT2D eigenvalue weighted by Crippen LogP contribution is -2.40. The fourth-order valence-corrected chi connectivity index (χ4v) is 1.86. The second-order valence-corrected chi connectivity index (χ2v) is 6.32. The fourth-order valence-electron chi connectivity index (χ4n) is 1.86. The molecule has 0 heterocycles. The quantitative estimate of drug-likeness (QED) is 0.841. The first-order valence-electron chi connectivity index (χ1n) is 6.76. The van der Waals surface area contributed by atoms with Crippen molar-refractivity contribution in [2.75, 3.05) is 6.54 Å². The van der Waals surface area contributed by atoms with Crippen LogP contribution >= 0.6 is 0 Å². The Hall–Kier alpha value is -0.860. The van der Waals surface area contributed by atoms with Gasteiger partial charge in [0.1, 0.15) is 0 Å². The van der Waals surface area contributed by atoms with Crippen molar-refractivity contribution in [2.45, 2.75) is 53.2 Å². The molecule has 2 atom stereocenters. The zero-order valence-electron chi connectivity index (χ0n) is 12.3. The molecule has 102 valence electrons. The van der Waals surface area contributed by atoms with Gasteiger partial charge in [-0.3, -0.25) is 0 Å². The van der Waals surface area contributed by atoms with Gasteiger partial charge in [0.15, 0.2) is 0 Å². The summed E-state index contributed by atoms with van der Waals surface area (Å²) in [6.07, 6.45) is 0.695. The van der Waals surface area contributed by atoms with E-state index in [0.29, 0.717) is 12.6 Å². The maximum absolute atomic E-state index is 9.99. The molecule has 0 saturated heterocycles. The number of rotatable bonds is 5. The summed E-state index contributed by atoms with van der Waals surface area (Å²) in [5.74, 6) is 0. The molecular formula is C16H27NO. The zero-order valence-corrected chi connectivity index (χ0v) is 12.3. The molecule has 2 nitrogen and oxygen atoms in total. The van der Waals surface area contributed by atoms with Gasteiger partial charge < -0.3 is 10.4 Å². The number of nitrogens with one attached hydrogen (secondary N) is 1. The molecule has 0 radical (unpaired) electrons. The minimum Gasteiger partial charge on any atom is -0.391 e. The van der Waals surface area contributed by atoms with Crippen molar-refractivity contribution < 1.29 is 5.11 Å². The summed E-state index contributed by atoms with van der Waals surface area (Å²) in [6.45, 7) is 11.1. The van der Waals surface area contributed by atoms with Crippen LogP contribution in [-0.2, 0) is 6.42 Å². The van der Waals surface area contributed by atoms with E-state index in [2.05, 4.69) is 64.2 Å². The number of aryl methyl sites for hydroxylation is 1. The van der Waals surface area contributed by atoms with E-state index in [1.54, 1.807) is 0 Å². The van der Waals surface area contributed by atoms with E-state index >= 15 is 0 Å². The molecule has 0 spiro atoms. The van der Waals surface area contributed by atoms with Crippen molar-refractivity contribution in [3.05, 3.63) is 35.4 Å². The van der Waals surface area contributed by atoms with Crippen LogP contribution in [0.2, 0.25) is 0 Å². The fraction of sp³-hybridized carbons (Fsp3) is 0.625. The lowest BCUT2D eigenvalue weighted by atomic mass is 9.89. The molecule has 0 amide bonds. The molecule has 2 N–H and O–H groups in total. The summed E-state index contributed by atoms with van der Waals surface area (Å²) in [7, 11) is 0. The van der Waals surface area contributed by atoms with Gasteiger partial charge in [0, 0.05) is 12.6 Å². The second-order valence-electron chi connectivity index (χ2n) is 6.32. The Balaban J connectivity index is 2.43. The van der Waals surface area contributed by atoms with Crippen LogP contribution in [0.5, 0.6) is 0 Å². The highest BCUT2D eigenvalue weighted by Crippen LogP contribution is 2.18. The third kappa shape index (κ3) is 4.79. The summed E-state index contributed by atoms with van der Waals surface area (Å²) in [6, 6.07) is 8.85. The van der Waals surface area contributed by atoms with E-state index in [1.165, 1.54) is 11.1 Å². The van der Waals surface area contributed by atoms with Crippen LogP contribution in [0, 0.1) is 12.3 Å². The van der Waals surface area contributed by atoms with E-state index in [4.69, 9.17) is 0 Å². The van der Waals surface area contributed by atoms with Crippen molar-refractivity contribution in [1.29, 1.82) is 0 Å². The molecule has 2 heteroatoms. The first-order chi connectivity index (χ1) is 8.30. The molecule has 1 aromatic rings. The number of aliphatic hydroxyl groups is 1. The minimum atomic E-state index is -0.308. The highest BCUT2D eigenvalue weighted by molar-refractivity contribution is 5.26. The van der Waals surface area contributed by atoms with Gasteiger partial charge in [0.05, 0.1) is 6.10 Å². The Morgan fingerprint density at radius 3 is 2.39 bits per heavy atom. The molecule has 1 aromatic carbocycles. The van der Waals surface area contributed by atoms with Gasteiger partial charge in [-0.1, -0.05) is 45.0 Å². The Morgan fingerprint density at radius 1 is 1.22 bits per heavy atom. The monoisotopic (exact) mass is 249 g/mol. The van der Waals surface area contributed by atoms with E-state index < -0.39 is 0 Å². The predicted octanol–water partition coefficient (Wildman–Crippen LogP) is 2.92. The topological polar surface area (TPSA) is 32.3 Å². The van der Waals surface area contributed by atoms with Crippen LogP contribution in [0.1, 0.15) is 38.8 Å². The Kier molecular flexibility index (Phi) is 5.36. The molecule has 0 aromatic heterocycles. The second kappa shape index (κ2) is 6.35. The van der Waals surface area contributed by atoms with Gasteiger partial charge in [-0.25, -0.2) is 0 Å². The molecular weight excluding hydrogens is 222 g/mol. The lowest BCUT2D eigenvalue weighted by molar-refractivity contribution is 0.0609. The van der Waals surface area contributed by atoms with E-state index in [0.717, 1.165) is 6.42 Å². The SMILES string of the molecule is Cc1ccccc1CC(C)NCC(O)C(C)(C)C. The highest BCUT2D eigenvalue weighted by Gasteiger charge is 2.22. The van der Waals surface area contributed by atoms with Crippen molar-refractivity contribution in [1.82, 2.24) is 5.32 Å². The van der Waals surface area contributed by atoms with Crippen LogP contribution in [0.4, 0.5) is 0 Å². The van der Waals surface area contributed by atoms with Crippen molar-refractivity contribution in [2.24, 2.45) is 5.41 Å². The third-order valence-corrected chi connectivity index (χ3v) is 3.45. The van der Waals surface area contributed by atoms with Crippen LogP contribution in [0.3, 0.4) is 0 Å². The van der Waals surface area contributed by atoms with E-state index in [1.807, 2.05) is 0 Å². The van der Waals surface area contributed by atoms with Crippen LogP contribution in [-0.4, -0.2) is 23.8 Å². The van der Waals surface area contributed by atoms with Gasteiger partial charge in [-0.15, -0.1) is 0 Å². The summed E-state index contributed by atoms with van der Waals surface area (Å²) in [5, 5.41) is 13.4. The van der Waals surface area contributed by atoms with Crippen molar-refractivity contribution >= 4 is 0 Å². The summed E-state index contributed by atoms with van der Waals surface area (Å²) >= 11 is 0. The van der Waals surface area contributed by atoms with Crippen LogP contribution in [0.25, 0.3) is 0 Å². The summed E-state index contributed by atoms with van der Waals surface area (Å²) in [5.41, 5.74) is 2.65. The smallest absolute Gasteiger partial charge is 0.0712 e. The minimum absolute atomic E-state index is 0.0601. The maximum atomic E-state index is 9.99. The summed E-state index contributed by atoms with van der Waals surface area (Å²) in [4.78, 5) is 0. The Bertz CT molecular complexity index is 368. The standard InChI is InChI=1S/C16H27NO/c1-12-8-6-7-9-14(12)10-13(2)17-11-15(18)16(3,4)5/h6-9,13,15,17-18H,10-11H2,1-5H3. The number of aliphatic hydroxyl groups excluding tert-OH is 1. The molecule has 0 bridgehead atoms. The largest absolute Gasteiger partial charge is 0.391 e. The molecule has 0 aliphatic rings. The Morgan fingerprint density at radius 2 is 1.83 bits per heavy atom. The zero-order chi connectivity index (χ0) is 13.8. The van der Waals surface area contributed by atoms with Crippen molar-refractivity contribution in [3.63, 3.8) is 0 Å². The third-order valence-electron chi connectivity index (χ3n) is 3.45. The highest BCUT2D eigenvalue weighted by atomic mass is 16.3. The molecule has 0 aliphatic carbocycles. The van der Waals surface area contributed by atoms with Gasteiger partial charge in [0.25, 0.3) is 0 Å². The van der Waals surface area contributed by atoms with Gasteiger partial charge in [-0.05, 0) is 36.8 Å². The molecule has 0 saturated carbocycles. The number of hydrogen-bond acceptors (Lipinski definition) is 2. The van der Waals surface area contributed by atoms with E-state index in [9.17, 15) is 5.11 Å². The Labute approximate surface area is 111 Å². The maximum Gasteiger partial charge on any atom is 0.0712 e. The molecule has 1 rings (SSSR count). The first kappa shape index (κ1) is 15.2. The number of benzene rings is 1. The molecule has 18 heavy (non-hydrogen) atoms. The average Bonchev–Trinajstić information content (AvgIpc) is 2.27. The summed E-state index contributed by atoms with van der Waals surface area (Å²) < 4.78 is 0. The normalized spacial score (nSPS) is 15.4. The molecule has 2 unspecified atom stereocenters. The van der Waals surface area contributed by atoms with Gasteiger partial charge in [0.2, 0.25) is 0 Å².